The van der Waals surface area contributed by atoms with Gasteiger partial charge in [0.2, 0.25) is 5.91 Å². The van der Waals surface area contributed by atoms with E-state index in [-0.39, 0.29) is 35.9 Å². The standard InChI is InChI=1S/C25H31ClN2O4S/c1-15-6-4-5-7-17-13-18(31-24(30)27-17)14-21-25(2,32-21)9-8-22(29)28(3)19-11-16(10-15)12-20(33)23(19)26/h4-6,11-12,17-18,21,33H,7-10,13-14H2,1-3H3,(H,27,30)/b5-4+,15-6+. The highest BCUT2D eigenvalue weighted by molar-refractivity contribution is 7.80. The van der Waals surface area contributed by atoms with Gasteiger partial charge in [-0.2, -0.15) is 0 Å². The highest BCUT2D eigenvalue weighted by atomic mass is 35.5. The number of allylic oxidation sites excluding steroid dienone is 3. The molecule has 2 amide bonds. The van der Waals surface area contributed by atoms with E-state index in [4.69, 9.17) is 21.1 Å². The number of ether oxygens (including phenoxy) is 2. The first kappa shape index (κ1) is 24.2. The lowest BCUT2D eigenvalue weighted by Crippen LogP contribution is -2.45. The number of hydrogen-bond acceptors (Lipinski definition) is 5. The van der Waals surface area contributed by atoms with Crippen LogP contribution in [0.3, 0.4) is 0 Å². The average molecular weight is 491 g/mol. The molecule has 1 aromatic rings. The molecule has 0 saturated carbocycles. The molecule has 0 aromatic heterocycles. The van der Waals surface area contributed by atoms with Gasteiger partial charge in [-0.1, -0.05) is 35.4 Å². The summed E-state index contributed by atoms with van der Waals surface area (Å²) in [6, 6.07) is 3.94. The van der Waals surface area contributed by atoms with Gasteiger partial charge in [0.25, 0.3) is 0 Å². The summed E-state index contributed by atoms with van der Waals surface area (Å²) in [6.45, 7) is 4.08. The van der Waals surface area contributed by atoms with Crippen LogP contribution in [0.1, 0.15) is 51.5 Å². The van der Waals surface area contributed by atoms with Crippen molar-refractivity contribution in [1.82, 2.24) is 5.32 Å². The van der Waals surface area contributed by atoms with Gasteiger partial charge in [0.15, 0.2) is 0 Å². The Labute approximate surface area is 205 Å². The number of nitrogens with zero attached hydrogens (tertiary/aromatic N) is 1. The number of benzene rings is 1. The second-order valence-corrected chi connectivity index (χ2v) is 10.4. The molecule has 4 atom stereocenters. The van der Waals surface area contributed by atoms with Crippen molar-refractivity contribution in [1.29, 1.82) is 0 Å². The molecule has 4 unspecified atom stereocenters. The summed E-state index contributed by atoms with van der Waals surface area (Å²) in [5.41, 5.74) is 2.48. The Morgan fingerprint density at radius 1 is 1.27 bits per heavy atom. The molecule has 1 aromatic carbocycles. The molecule has 33 heavy (non-hydrogen) atoms. The normalized spacial score (nSPS) is 33.3. The molecule has 1 N–H and O–H groups in total. The Balaban J connectivity index is 1.59. The fraction of sp³-hybridized carbons (Fsp3) is 0.520. The minimum Gasteiger partial charge on any atom is -0.446 e. The Morgan fingerprint density at radius 3 is 2.85 bits per heavy atom. The first-order valence-corrected chi connectivity index (χ1v) is 12.2. The number of thiol groups is 1. The van der Waals surface area contributed by atoms with E-state index in [1.807, 2.05) is 25.1 Å². The van der Waals surface area contributed by atoms with Crippen molar-refractivity contribution in [2.75, 3.05) is 11.9 Å². The molecule has 4 bridgehead atoms. The van der Waals surface area contributed by atoms with Crippen molar-refractivity contribution in [2.45, 2.75) is 81.1 Å². The second-order valence-electron chi connectivity index (χ2n) is 9.51. The van der Waals surface area contributed by atoms with Gasteiger partial charge >= 0.3 is 6.09 Å². The number of anilines is 1. The predicted molar refractivity (Wildman–Crippen MR) is 132 cm³/mol. The zero-order valence-corrected chi connectivity index (χ0v) is 20.9. The zero-order valence-electron chi connectivity index (χ0n) is 19.3. The zero-order chi connectivity index (χ0) is 23.8. The van der Waals surface area contributed by atoms with Crippen molar-refractivity contribution in [3.8, 4) is 0 Å². The van der Waals surface area contributed by atoms with Crippen molar-refractivity contribution < 1.29 is 19.1 Å². The number of carbonyl (C=O) groups is 2. The molecule has 3 aliphatic heterocycles. The molecule has 0 spiro atoms. The van der Waals surface area contributed by atoms with Gasteiger partial charge in [-0.3, -0.25) is 4.79 Å². The minimum atomic E-state index is -0.381. The molecule has 0 radical (unpaired) electrons. The monoisotopic (exact) mass is 490 g/mol. The van der Waals surface area contributed by atoms with Crippen LogP contribution < -0.4 is 10.2 Å². The van der Waals surface area contributed by atoms with Gasteiger partial charge in [0.05, 0.1) is 22.4 Å². The Kier molecular flexibility index (Phi) is 7.12. The van der Waals surface area contributed by atoms with Crippen molar-refractivity contribution >= 4 is 41.9 Å². The smallest absolute Gasteiger partial charge is 0.407 e. The third kappa shape index (κ3) is 5.76. The van der Waals surface area contributed by atoms with Crippen LogP contribution in [0.4, 0.5) is 10.5 Å². The van der Waals surface area contributed by atoms with Crippen LogP contribution in [0.25, 0.3) is 0 Å². The number of halogens is 1. The minimum absolute atomic E-state index is 0.0219. The largest absolute Gasteiger partial charge is 0.446 e. The second kappa shape index (κ2) is 9.72. The van der Waals surface area contributed by atoms with E-state index in [0.29, 0.717) is 41.3 Å². The van der Waals surface area contributed by atoms with Crippen LogP contribution in [-0.4, -0.2) is 42.9 Å². The Morgan fingerprint density at radius 2 is 2.06 bits per heavy atom. The van der Waals surface area contributed by atoms with E-state index < -0.39 is 0 Å². The molecule has 2 saturated heterocycles. The molecule has 3 heterocycles. The van der Waals surface area contributed by atoms with Gasteiger partial charge in [-0.05, 0) is 50.8 Å². The van der Waals surface area contributed by atoms with Crippen LogP contribution in [0.2, 0.25) is 5.02 Å². The van der Waals surface area contributed by atoms with Crippen molar-refractivity contribution in [2.24, 2.45) is 0 Å². The highest BCUT2D eigenvalue weighted by Crippen LogP contribution is 2.44. The molecule has 8 heteroatoms. The first-order chi connectivity index (χ1) is 15.6. The number of carbonyl (C=O) groups excluding carboxylic acids is 2. The predicted octanol–water partition coefficient (Wildman–Crippen LogP) is 5.24. The van der Waals surface area contributed by atoms with Gasteiger partial charge < -0.3 is 19.7 Å². The molecule has 178 valence electrons. The number of rotatable bonds is 0. The van der Waals surface area contributed by atoms with Crippen molar-refractivity contribution in [3.63, 3.8) is 0 Å². The molecular weight excluding hydrogens is 460 g/mol. The van der Waals surface area contributed by atoms with Crippen LogP contribution in [0.5, 0.6) is 0 Å². The number of nitrogens with one attached hydrogen (secondary N) is 1. The van der Waals surface area contributed by atoms with E-state index in [0.717, 1.165) is 18.4 Å². The Hall–Kier alpha value is -1.96. The number of epoxide rings is 1. The number of hydrogen-bond donors (Lipinski definition) is 2. The maximum absolute atomic E-state index is 13.0. The van der Waals surface area contributed by atoms with E-state index in [9.17, 15) is 9.59 Å². The van der Waals surface area contributed by atoms with E-state index >= 15 is 0 Å². The maximum atomic E-state index is 13.0. The lowest BCUT2D eigenvalue weighted by Gasteiger charge is -2.29. The van der Waals surface area contributed by atoms with Gasteiger partial charge in [-0.25, -0.2) is 4.79 Å². The summed E-state index contributed by atoms with van der Waals surface area (Å²) in [5.74, 6) is -0.0290. The van der Waals surface area contributed by atoms with Crippen LogP contribution in [-0.2, 0) is 20.7 Å². The average Bonchev–Trinajstić information content (AvgIpc) is 3.39. The topological polar surface area (TPSA) is 71.2 Å². The molecular formula is C25H31ClN2O4S. The van der Waals surface area contributed by atoms with Crippen LogP contribution in [0.15, 0.2) is 40.8 Å². The summed E-state index contributed by atoms with van der Waals surface area (Å²) in [4.78, 5) is 27.3. The third-order valence-corrected chi connectivity index (χ3v) is 7.62. The molecule has 3 aliphatic rings. The summed E-state index contributed by atoms with van der Waals surface area (Å²) in [5, 5.41) is 3.38. The van der Waals surface area contributed by atoms with Gasteiger partial charge in [0, 0.05) is 37.2 Å². The van der Waals surface area contributed by atoms with E-state index in [1.165, 1.54) is 5.57 Å². The molecule has 2 fully saturated rings. The summed E-state index contributed by atoms with van der Waals surface area (Å²) < 4.78 is 11.5. The molecule has 6 nitrogen and oxygen atoms in total. The third-order valence-electron chi connectivity index (χ3n) is 6.74. The number of fused-ring (bicyclic) bond motifs is 5. The lowest BCUT2D eigenvalue weighted by molar-refractivity contribution is -0.118. The highest BCUT2D eigenvalue weighted by Gasteiger charge is 2.53. The summed E-state index contributed by atoms with van der Waals surface area (Å²) in [7, 11) is 1.75. The quantitative estimate of drug-likeness (QED) is 0.385. The van der Waals surface area contributed by atoms with Crippen molar-refractivity contribution in [3.05, 3.63) is 46.5 Å². The Bertz CT molecular complexity index is 1010. The fourth-order valence-electron chi connectivity index (χ4n) is 4.63. The van der Waals surface area contributed by atoms with Gasteiger partial charge in [-0.15, -0.1) is 12.6 Å². The van der Waals surface area contributed by atoms with Gasteiger partial charge in [0.1, 0.15) is 6.10 Å². The molecule has 4 rings (SSSR count). The van der Waals surface area contributed by atoms with E-state index in [2.05, 4.69) is 37.0 Å². The SMILES string of the molecule is C/C1=C\C=C\CC2CC(CC3OC3(C)CCC(=O)N(C)c3cc(cc(S)c3Cl)C1)OC(=O)N2. The molecule has 0 aliphatic carbocycles. The van der Waals surface area contributed by atoms with E-state index in [1.54, 1.807) is 11.9 Å². The number of amides is 2. The first-order valence-electron chi connectivity index (χ1n) is 11.4. The summed E-state index contributed by atoms with van der Waals surface area (Å²) in [6.07, 6.45) is 9.36. The van der Waals surface area contributed by atoms with Crippen LogP contribution >= 0.6 is 24.2 Å². The number of alkyl carbamates (subject to hydrolysis) is 1. The van der Waals surface area contributed by atoms with Crippen LogP contribution in [0, 0.1) is 0 Å². The maximum Gasteiger partial charge on any atom is 0.407 e. The lowest BCUT2D eigenvalue weighted by atomic mass is 9.94. The fourth-order valence-corrected chi connectivity index (χ4v) is 5.15. The summed E-state index contributed by atoms with van der Waals surface area (Å²) >= 11 is 11.0.